The second kappa shape index (κ2) is 9.92. The number of halogens is 1. The van der Waals surface area contributed by atoms with E-state index in [-0.39, 0.29) is 5.91 Å². The number of nitrogens with zero attached hydrogens (tertiary/aromatic N) is 1. The van der Waals surface area contributed by atoms with Gasteiger partial charge in [-0.1, -0.05) is 25.4 Å². The highest BCUT2D eigenvalue weighted by Gasteiger charge is 2.05. The molecule has 0 spiro atoms. The van der Waals surface area contributed by atoms with E-state index in [0.717, 1.165) is 31.1 Å². The molecular weight excluding hydrogens is 306 g/mol. The molecule has 0 bridgehead atoms. The van der Waals surface area contributed by atoms with Gasteiger partial charge < -0.3 is 16.0 Å². The van der Waals surface area contributed by atoms with E-state index in [0.29, 0.717) is 22.8 Å². The number of anilines is 2. The molecule has 0 unspecified atom stereocenters. The Balaban J connectivity index is 2.21. The van der Waals surface area contributed by atoms with Crippen LogP contribution in [0.1, 0.15) is 20.3 Å². The highest BCUT2D eigenvalue weighted by Crippen LogP contribution is 2.22. The summed E-state index contributed by atoms with van der Waals surface area (Å²) in [4.78, 5) is 14.2. The van der Waals surface area contributed by atoms with Crippen LogP contribution in [0.4, 0.5) is 11.4 Å². The number of rotatable bonds is 9. The second-order valence-electron chi connectivity index (χ2n) is 4.67. The van der Waals surface area contributed by atoms with Crippen LogP contribution in [0, 0.1) is 0 Å². The lowest BCUT2D eigenvalue weighted by Crippen LogP contribution is -2.25. The summed E-state index contributed by atoms with van der Waals surface area (Å²) in [5.41, 5.74) is 6.86. The van der Waals surface area contributed by atoms with Crippen molar-refractivity contribution in [2.45, 2.75) is 20.3 Å². The van der Waals surface area contributed by atoms with Crippen LogP contribution in [0.25, 0.3) is 0 Å². The first-order chi connectivity index (χ1) is 10.1. The van der Waals surface area contributed by atoms with Crippen molar-refractivity contribution >= 4 is 40.6 Å². The lowest BCUT2D eigenvalue weighted by atomic mass is 10.2. The number of hydrogen-bond acceptors (Lipinski definition) is 4. The monoisotopic (exact) mass is 329 g/mol. The van der Waals surface area contributed by atoms with Crippen LogP contribution in [0.5, 0.6) is 0 Å². The summed E-state index contributed by atoms with van der Waals surface area (Å²) in [5.74, 6) is 1.89. The highest BCUT2D eigenvalue weighted by atomic mass is 35.5. The zero-order valence-electron chi connectivity index (χ0n) is 12.7. The van der Waals surface area contributed by atoms with E-state index in [4.69, 9.17) is 17.3 Å². The van der Waals surface area contributed by atoms with E-state index in [2.05, 4.69) is 24.1 Å². The zero-order chi connectivity index (χ0) is 15.7. The van der Waals surface area contributed by atoms with Gasteiger partial charge in [-0.15, -0.1) is 0 Å². The fourth-order valence-corrected chi connectivity index (χ4v) is 2.88. The van der Waals surface area contributed by atoms with E-state index in [1.165, 1.54) is 0 Å². The molecule has 4 nitrogen and oxygen atoms in total. The third-order valence-corrected chi connectivity index (χ3v) is 4.51. The van der Waals surface area contributed by atoms with E-state index in [1.54, 1.807) is 18.2 Å². The fourth-order valence-electron chi connectivity index (χ4n) is 1.85. The lowest BCUT2D eigenvalue weighted by Gasteiger charge is -2.17. The molecule has 0 radical (unpaired) electrons. The van der Waals surface area contributed by atoms with Gasteiger partial charge in [0.05, 0.1) is 10.7 Å². The third kappa shape index (κ3) is 7.07. The molecule has 0 fully saturated rings. The van der Waals surface area contributed by atoms with Gasteiger partial charge in [-0.2, -0.15) is 11.8 Å². The summed E-state index contributed by atoms with van der Waals surface area (Å²) in [6.07, 6.45) is 0.505. The maximum atomic E-state index is 11.8. The molecule has 0 aliphatic rings. The zero-order valence-corrected chi connectivity index (χ0v) is 14.3. The van der Waals surface area contributed by atoms with Crippen molar-refractivity contribution in [3.63, 3.8) is 0 Å². The van der Waals surface area contributed by atoms with Gasteiger partial charge in [-0.3, -0.25) is 4.79 Å². The van der Waals surface area contributed by atoms with Crippen LogP contribution in [0.2, 0.25) is 5.02 Å². The SMILES string of the molecule is CCN(CC)CCSCCC(=O)Nc1ccc(Cl)c(N)c1. The Morgan fingerprint density at radius 3 is 2.67 bits per heavy atom. The van der Waals surface area contributed by atoms with Crippen LogP contribution in [0.3, 0.4) is 0 Å². The van der Waals surface area contributed by atoms with Crippen molar-refractivity contribution in [3.05, 3.63) is 23.2 Å². The van der Waals surface area contributed by atoms with Crippen LogP contribution in [0.15, 0.2) is 18.2 Å². The average Bonchev–Trinajstić information content (AvgIpc) is 2.47. The van der Waals surface area contributed by atoms with Gasteiger partial charge >= 0.3 is 0 Å². The van der Waals surface area contributed by atoms with Crippen molar-refractivity contribution in [3.8, 4) is 0 Å². The lowest BCUT2D eigenvalue weighted by molar-refractivity contribution is -0.115. The van der Waals surface area contributed by atoms with Gasteiger partial charge in [0.15, 0.2) is 0 Å². The van der Waals surface area contributed by atoms with Gasteiger partial charge in [0.25, 0.3) is 0 Å². The molecule has 1 amide bonds. The minimum atomic E-state index is 0.00654. The van der Waals surface area contributed by atoms with E-state index >= 15 is 0 Å². The van der Waals surface area contributed by atoms with Gasteiger partial charge in [0.1, 0.15) is 0 Å². The summed E-state index contributed by atoms with van der Waals surface area (Å²) in [6.45, 7) is 7.57. The standard InChI is InChI=1S/C15H24ClN3OS/c1-3-19(4-2)8-10-21-9-7-15(20)18-12-5-6-13(16)14(17)11-12/h5-6,11H,3-4,7-10,17H2,1-2H3,(H,18,20). The molecule has 0 aliphatic heterocycles. The molecule has 118 valence electrons. The van der Waals surface area contributed by atoms with Gasteiger partial charge in [-0.25, -0.2) is 0 Å². The first-order valence-electron chi connectivity index (χ1n) is 7.21. The van der Waals surface area contributed by atoms with Crippen molar-refractivity contribution in [2.75, 3.05) is 42.2 Å². The predicted octanol–water partition coefficient (Wildman–Crippen LogP) is 3.33. The quantitative estimate of drug-likeness (QED) is 0.539. The summed E-state index contributed by atoms with van der Waals surface area (Å²) < 4.78 is 0. The Labute approximate surface area is 136 Å². The van der Waals surface area contributed by atoms with E-state index in [1.807, 2.05) is 11.8 Å². The third-order valence-electron chi connectivity index (χ3n) is 3.20. The van der Waals surface area contributed by atoms with Crippen LogP contribution < -0.4 is 11.1 Å². The minimum Gasteiger partial charge on any atom is -0.397 e. The number of carbonyl (C=O) groups is 1. The molecule has 6 heteroatoms. The molecule has 0 saturated carbocycles. The van der Waals surface area contributed by atoms with Crippen LogP contribution in [-0.4, -0.2) is 41.9 Å². The van der Waals surface area contributed by atoms with Gasteiger partial charge in [0.2, 0.25) is 5.91 Å². The number of amides is 1. The molecule has 1 aromatic rings. The molecule has 0 aliphatic carbocycles. The Morgan fingerprint density at radius 1 is 1.33 bits per heavy atom. The molecule has 0 atom stereocenters. The Hall–Kier alpha value is -0.910. The molecule has 1 aromatic carbocycles. The molecule has 3 N–H and O–H groups in total. The van der Waals surface area contributed by atoms with Crippen molar-refractivity contribution in [1.29, 1.82) is 0 Å². The number of thioether (sulfide) groups is 1. The van der Waals surface area contributed by atoms with Crippen molar-refractivity contribution in [2.24, 2.45) is 0 Å². The largest absolute Gasteiger partial charge is 0.397 e. The maximum Gasteiger partial charge on any atom is 0.225 e. The first-order valence-corrected chi connectivity index (χ1v) is 8.75. The predicted molar refractivity (Wildman–Crippen MR) is 94.2 cm³/mol. The number of benzene rings is 1. The minimum absolute atomic E-state index is 0.00654. The number of nitrogens with one attached hydrogen (secondary N) is 1. The molecule has 21 heavy (non-hydrogen) atoms. The summed E-state index contributed by atoms with van der Waals surface area (Å²) in [7, 11) is 0. The van der Waals surface area contributed by atoms with Gasteiger partial charge in [0, 0.05) is 30.2 Å². The number of nitrogens with two attached hydrogens (primary N) is 1. The maximum absolute atomic E-state index is 11.8. The average molecular weight is 330 g/mol. The van der Waals surface area contributed by atoms with Crippen molar-refractivity contribution in [1.82, 2.24) is 4.90 Å². The summed E-state index contributed by atoms with van der Waals surface area (Å²) in [6, 6.07) is 5.11. The topological polar surface area (TPSA) is 58.4 Å². The second-order valence-corrected chi connectivity index (χ2v) is 6.31. The van der Waals surface area contributed by atoms with Gasteiger partial charge in [-0.05, 0) is 31.3 Å². The normalized spacial score (nSPS) is 10.9. The smallest absolute Gasteiger partial charge is 0.225 e. The van der Waals surface area contributed by atoms with Crippen LogP contribution in [-0.2, 0) is 4.79 Å². The first kappa shape index (κ1) is 18.1. The Kier molecular flexibility index (Phi) is 8.57. The molecule has 0 aromatic heterocycles. The Morgan fingerprint density at radius 2 is 2.05 bits per heavy atom. The Bertz CT molecular complexity index is 453. The number of carbonyl (C=O) groups excluding carboxylic acids is 1. The highest BCUT2D eigenvalue weighted by molar-refractivity contribution is 7.99. The van der Waals surface area contributed by atoms with E-state index < -0.39 is 0 Å². The molecular formula is C15H24ClN3OS. The molecule has 1 rings (SSSR count). The van der Waals surface area contributed by atoms with E-state index in [9.17, 15) is 4.79 Å². The summed E-state index contributed by atoms with van der Waals surface area (Å²) >= 11 is 7.65. The number of hydrogen-bond donors (Lipinski definition) is 2. The number of nitrogen functional groups attached to an aromatic ring is 1. The molecule has 0 saturated heterocycles. The van der Waals surface area contributed by atoms with Crippen molar-refractivity contribution < 1.29 is 4.79 Å². The fraction of sp³-hybridized carbons (Fsp3) is 0.533. The van der Waals surface area contributed by atoms with Crippen LogP contribution >= 0.6 is 23.4 Å². The summed E-state index contributed by atoms with van der Waals surface area (Å²) in [5, 5.41) is 3.33. The molecule has 0 heterocycles.